The highest BCUT2D eigenvalue weighted by Gasteiger charge is 2.32. The van der Waals surface area contributed by atoms with Gasteiger partial charge >= 0.3 is 6.18 Å². The van der Waals surface area contributed by atoms with Crippen molar-refractivity contribution in [3.05, 3.63) is 78.6 Å². The Kier molecular flexibility index (Phi) is 5.95. The Labute approximate surface area is 222 Å². The number of benzene rings is 2. The van der Waals surface area contributed by atoms with E-state index in [9.17, 15) is 26.9 Å². The Bertz CT molecular complexity index is 1830. The summed E-state index contributed by atoms with van der Waals surface area (Å²) in [5.74, 6) is 0.427. The van der Waals surface area contributed by atoms with Crippen molar-refractivity contribution in [1.29, 1.82) is 5.26 Å². The second-order valence-electron chi connectivity index (χ2n) is 9.67. The topological polar surface area (TPSA) is 93.6 Å². The Morgan fingerprint density at radius 3 is 2.28 bits per heavy atom. The molecule has 3 heterocycles. The molecular weight excluding hydrogens is 527 g/mol. The Balaban J connectivity index is 1.56. The minimum Gasteiger partial charge on any atom is -0.320 e. The molecule has 2 aromatic carbocycles. The van der Waals surface area contributed by atoms with Crippen LogP contribution in [-0.4, -0.2) is 26.9 Å². The number of fused-ring (bicyclic) bond motifs is 3. The van der Waals surface area contributed by atoms with Gasteiger partial charge in [-0.1, -0.05) is 30.3 Å². The molecule has 0 amide bonds. The zero-order valence-electron chi connectivity index (χ0n) is 20.5. The van der Waals surface area contributed by atoms with Gasteiger partial charge in [-0.3, -0.25) is 0 Å². The van der Waals surface area contributed by atoms with Gasteiger partial charge in [0.2, 0.25) is 0 Å². The number of pyridine rings is 1. The first-order valence-electron chi connectivity index (χ1n) is 12.4. The predicted molar refractivity (Wildman–Crippen MR) is 139 cm³/mol. The van der Waals surface area contributed by atoms with Gasteiger partial charge in [0.1, 0.15) is 11.3 Å². The fourth-order valence-corrected chi connectivity index (χ4v) is 6.70. The van der Waals surface area contributed by atoms with Crippen LogP contribution in [0.3, 0.4) is 0 Å². The van der Waals surface area contributed by atoms with Gasteiger partial charge in [0, 0.05) is 29.1 Å². The predicted octanol–water partition coefficient (Wildman–Crippen LogP) is 6.56. The van der Waals surface area contributed by atoms with Gasteiger partial charge in [-0.05, 0) is 56.0 Å². The van der Waals surface area contributed by atoms with Gasteiger partial charge < -0.3 is 4.57 Å². The quantitative estimate of drug-likeness (QED) is 0.253. The minimum absolute atomic E-state index is 0.0515. The number of rotatable bonds is 4. The maximum atomic E-state index is 13.4. The summed E-state index contributed by atoms with van der Waals surface area (Å²) in [6.45, 7) is 0. The molecule has 5 aromatic rings. The number of nitriles is 1. The third kappa shape index (κ3) is 4.25. The van der Waals surface area contributed by atoms with Crippen molar-refractivity contribution in [3.63, 3.8) is 0 Å². The summed E-state index contributed by atoms with van der Waals surface area (Å²) >= 11 is 0. The van der Waals surface area contributed by atoms with Gasteiger partial charge in [-0.15, -0.1) is 0 Å². The first-order chi connectivity index (χ1) is 18.7. The molecule has 0 saturated heterocycles. The van der Waals surface area contributed by atoms with E-state index in [0.29, 0.717) is 53.5 Å². The second-order valence-corrected chi connectivity index (χ2v) is 11.5. The molecule has 0 spiro atoms. The zero-order chi connectivity index (χ0) is 27.4. The molecule has 11 heteroatoms. The molecule has 1 saturated carbocycles. The van der Waals surface area contributed by atoms with Crippen molar-refractivity contribution >= 4 is 32.1 Å². The lowest BCUT2D eigenvalue weighted by Crippen LogP contribution is -2.18. The van der Waals surface area contributed by atoms with Crippen molar-refractivity contribution in [3.8, 4) is 17.5 Å². The van der Waals surface area contributed by atoms with Gasteiger partial charge in [-0.25, -0.2) is 22.4 Å². The smallest absolute Gasteiger partial charge is 0.320 e. The van der Waals surface area contributed by atoms with E-state index >= 15 is 0 Å². The minimum atomic E-state index is -4.46. The lowest BCUT2D eigenvalue weighted by atomic mass is 9.86. The highest BCUT2D eigenvalue weighted by molar-refractivity contribution is 7.90. The van der Waals surface area contributed by atoms with Crippen LogP contribution in [0.15, 0.2) is 78.0 Å². The van der Waals surface area contributed by atoms with E-state index in [-0.39, 0.29) is 22.5 Å². The first-order valence-corrected chi connectivity index (χ1v) is 13.9. The molecule has 6 rings (SSSR count). The molecule has 3 aromatic heterocycles. The molecule has 1 aliphatic rings. The molecule has 0 bridgehead atoms. The van der Waals surface area contributed by atoms with Crippen LogP contribution in [0.2, 0.25) is 0 Å². The third-order valence-electron chi connectivity index (χ3n) is 7.34. The highest BCUT2D eigenvalue weighted by Crippen LogP contribution is 2.40. The van der Waals surface area contributed by atoms with Crippen molar-refractivity contribution < 1.29 is 21.6 Å². The maximum absolute atomic E-state index is 13.4. The standard InChI is InChI=1S/C28H22F3N5O2S/c29-28(30,31)20-10-8-19(9-11-20)26-34-24-17-33-27-23(25(24)36(26)21-12-6-18(16-32)7-13-21)14-15-35(27)39(37,38)22-4-2-1-3-5-22/h1-5,8-11,14-15,17-18,21H,6-7,12-13H2/t18-,21-. The van der Waals surface area contributed by atoms with Gasteiger partial charge in [0.25, 0.3) is 10.0 Å². The summed E-state index contributed by atoms with van der Waals surface area (Å²) in [6, 6.07) is 16.8. The van der Waals surface area contributed by atoms with Crippen LogP contribution in [-0.2, 0) is 16.2 Å². The monoisotopic (exact) mass is 549 g/mol. The van der Waals surface area contributed by atoms with E-state index in [0.717, 1.165) is 16.1 Å². The van der Waals surface area contributed by atoms with Crippen molar-refractivity contribution in [2.75, 3.05) is 0 Å². The molecule has 7 nitrogen and oxygen atoms in total. The summed E-state index contributed by atoms with van der Waals surface area (Å²) in [4.78, 5) is 9.33. The van der Waals surface area contributed by atoms with Gasteiger partial charge in [0.05, 0.1) is 28.2 Å². The molecule has 0 aliphatic heterocycles. The van der Waals surface area contributed by atoms with Crippen molar-refractivity contribution in [2.45, 2.75) is 42.8 Å². The number of halogens is 3. The fourth-order valence-electron chi connectivity index (χ4n) is 5.38. The van der Waals surface area contributed by atoms with E-state index in [1.54, 1.807) is 24.3 Å². The molecule has 39 heavy (non-hydrogen) atoms. The second kappa shape index (κ2) is 9.24. The van der Waals surface area contributed by atoms with Crippen LogP contribution < -0.4 is 0 Å². The Morgan fingerprint density at radius 1 is 0.949 bits per heavy atom. The number of hydrogen-bond donors (Lipinski definition) is 0. The van der Waals surface area contributed by atoms with Crippen LogP contribution in [0.5, 0.6) is 0 Å². The average molecular weight is 550 g/mol. The van der Waals surface area contributed by atoms with Crippen LogP contribution >= 0.6 is 0 Å². The molecular formula is C28H22F3N5O2S. The highest BCUT2D eigenvalue weighted by atomic mass is 32.2. The summed E-state index contributed by atoms with van der Waals surface area (Å²) in [5.41, 5.74) is 1.16. The number of alkyl halides is 3. The summed E-state index contributed by atoms with van der Waals surface area (Å²) < 4.78 is 69.6. The number of hydrogen-bond acceptors (Lipinski definition) is 5. The molecule has 0 atom stereocenters. The third-order valence-corrected chi connectivity index (χ3v) is 9.02. The normalized spacial score (nSPS) is 18.4. The van der Waals surface area contributed by atoms with Crippen molar-refractivity contribution in [1.82, 2.24) is 18.5 Å². The maximum Gasteiger partial charge on any atom is 0.416 e. The van der Waals surface area contributed by atoms with E-state index < -0.39 is 21.8 Å². The number of nitrogens with zero attached hydrogens (tertiary/aromatic N) is 5. The molecule has 1 aliphatic carbocycles. The van der Waals surface area contributed by atoms with Gasteiger partial charge in [-0.2, -0.15) is 18.4 Å². The van der Waals surface area contributed by atoms with E-state index in [4.69, 9.17) is 4.98 Å². The SMILES string of the molecule is N#C[C@H]1CC[C@H](n2c(-c3ccc(C(F)(F)F)cc3)nc3cnc4c(ccn4S(=O)(=O)c4ccccc4)c32)CC1. The zero-order valence-corrected chi connectivity index (χ0v) is 21.3. The molecule has 198 valence electrons. The Hall–Kier alpha value is -4.17. The number of imidazole rings is 1. The molecule has 1 fully saturated rings. The lowest BCUT2D eigenvalue weighted by molar-refractivity contribution is -0.137. The Morgan fingerprint density at radius 2 is 1.64 bits per heavy atom. The van der Waals surface area contributed by atoms with Crippen LogP contribution in [0.25, 0.3) is 33.5 Å². The molecule has 0 unspecified atom stereocenters. The van der Waals surface area contributed by atoms with Crippen LogP contribution in [0, 0.1) is 17.2 Å². The summed E-state index contributed by atoms with van der Waals surface area (Å²) in [5, 5.41) is 9.96. The lowest BCUT2D eigenvalue weighted by Gasteiger charge is -2.28. The molecule has 0 N–H and O–H groups in total. The molecule has 0 radical (unpaired) electrons. The summed E-state index contributed by atoms with van der Waals surface area (Å²) in [6.07, 6.45) is 1.24. The van der Waals surface area contributed by atoms with E-state index in [1.807, 2.05) is 4.57 Å². The van der Waals surface area contributed by atoms with Crippen LogP contribution in [0.4, 0.5) is 13.2 Å². The van der Waals surface area contributed by atoms with Crippen molar-refractivity contribution in [2.24, 2.45) is 5.92 Å². The van der Waals surface area contributed by atoms with E-state index in [2.05, 4.69) is 11.1 Å². The van der Waals surface area contributed by atoms with E-state index in [1.165, 1.54) is 36.7 Å². The van der Waals surface area contributed by atoms with Crippen LogP contribution in [0.1, 0.15) is 37.3 Å². The fraction of sp³-hybridized carbons (Fsp3) is 0.250. The average Bonchev–Trinajstić information content (AvgIpc) is 3.55. The summed E-state index contributed by atoms with van der Waals surface area (Å²) in [7, 11) is -3.92. The largest absolute Gasteiger partial charge is 0.416 e. The van der Waals surface area contributed by atoms with Gasteiger partial charge in [0.15, 0.2) is 5.65 Å². The first kappa shape index (κ1) is 25.1. The number of aromatic nitrogens is 4.